The number of pyridine rings is 1. The van der Waals surface area contributed by atoms with Crippen molar-refractivity contribution >= 4 is 28.8 Å². The Morgan fingerprint density at radius 1 is 0.953 bits per heavy atom. The lowest BCUT2D eigenvalue weighted by Crippen LogP contribution is -2.29. The number of anilines is 1. The van der Waals surface area contributed by atoms with Crippen molar-refractivity contribution in [3.05, 3.63) is 101 Å². The number of fused-ring (bicyclic) bond motifs is 2. The van der Waals surface area contributed by atoms with Crippen LogP contribution >= 0.6 is 0 Å². The predicted octanol–water partition coefficient (Wildman–Crippen LogP) is 5.51. The summed E-state index contributed by atoms with van der Waals surface area (Å²) >= 11 is 0. The highest BCUT2D eigenvalue weighted by Gasteiger charge is 2.22. The lowest BCUT2D eigenvalue weighted by atomic mass is 9.90. The molecule has 2 N–H and O–H groups in total. The van der Waals surface area contributed by atoms with E-state index in [0.717, 1.165) is 70.6 Å². The van der Waals surface area contributed by atoms with Crippen molar-refractivity contribution in [2.45, 2.75) is 34.3 Å². The number of aliphatic hydroxyl groups excluding tert-OH is 1. The van der Waals surface area contributed by atoms with Crippen LogP contribution in [0, 0.1) is 0 Å². The van der Waals surface area contributed by atoms with Crippen LogP contribution < -0.4 is 20.3 Å². The molecule has 5 rings (SSSR count). The molecule has 3 aromatic rings. The molecule has 0 atom stereocenters. The Hall–Kier alpha value is -4.82. The summed E-state index contributed by atoms with van der Waals surface area (Å²) in [5.74, 6) is 0.415. The van der Waals surface area contributed by atoms with E-state index in [0.29, 0.717) is 17.0 Å². The Bertz CT molecular complexity index is 1810. The third-order valence-corrected chi connectivity index (χ3v) is 7.74. The number of hydrogen-bond acceptors (Lipinski definition) is 6. The number of amides is 1. The van der Waals surface area contributed by atoms with Gasteiger partial charge in [-0.3, -0.25) is 4.79 Å². The van der Waals surface area contributed by atoms with E-state index in [4.69, 9.17) is 4.42 Å². The number of rotatable bonds is 10. The summed E-state index contributed by atoms with van der Waals surface area (Å²) in [6.07, 6.45) is 1.47. The molecular formula is C35H38N5O3+. The van der Waals surface area contributed by atoms with Gasteiger partial charge in [-0.25, -0.2) is 15.0 Å². The molecule has 2 heterocycles. The quantitative estimate of drug-likeness (QED) is 0.0989. The van der Waals surface area contributed by atoms with Gasteiger partial charge in [0.15, 0.2) is 0 Å². The SMILES string of the molecule is CCN(CC)c1ccc2c(-c3ccccc3C(=O)N/N=C\c3cccc(CO)n3)c3ccc(=[N+](CC)CC)cc-3oc2c1. The summed E-state index contributed by atoms with van der Waals surface area (Å²) in [5.41, 5.74) is 8.70. The number of hydrazone groups is 1. The van der Waals surface area contributed by atoms with Gasteiger partial charge in [-0.05, 0) is 69.7 Å². The highest BCUT2D eigenvalue weighted by atomic mass is 16.3. The molecule has 8 nitrogen and oxygen atoms in total. The van der Waals surface area contributed by atoms with Crippen LogP contribution in [0.4, 0.5) is 5.69 Å². The maximum atomic E-state index is 13.5. The topological polar surface area (TPSA) is 94.0 Å². The lowest BCUT2D eigenvalue weighted by Gasteiger charge is -2.22. The molecule has 0 radical (unpaired) electrons. The first-order valence-electron chi connectivity index (χ1n) is 14.8. The average molecular weight is 577 g/mol. The van der Waals surface area contributed by atoms with Crippen LogP contribution in [0.2, 0.25) is 0 Å². The maximum absolute atomic E-state index is 13.5. The van der Waals surface area contributed by atoms with Crippen molar-refractivity contribution < 1.29 is 14.3 Å². The summed E-state index contributed by atoms with van der Waals surface area (Å²) in [5, 5.41) is 15.5. The summed E-state index contributed by atoms with van der Waals surface area (Å²) in [7, 11) is 0. The monoisotopic (exact) mass is 576 g/mol. The first-order chi connectivity index (χ1) is 21.0. The Kier molecular flexibility index (Phi) is 9.27. The molecule has 1 amide bonds. The van der Waals surface area contributed by atoms with Crippen LogP contribution in [0.15, 0.2) is 88.4 Å². The highest BCUT2D eigenvalue weighted by molar-refractivity contribution is 6.09. The average Bonchev–Trinajstić information content (AvgIpc) is 3.04. The molecule has 0 unspecified atom stereocenters. The van der Waals surface area contributed by atoms with Crippen LogP contribution in [0.3, 0.4) is 0 Å². The Balaban J connectivity index is 1.66. The molecule has 0 saturated heterocycles. The summed E-state index contributed by atoms with van der Waals surface area (Å²) in [6.45, 7) is 12.0. The normalized spacial score (nSPS) is 11.4. The van der Waals surface area contributed by atoms with Crippen molar-refractivity contribution in [3.63, 3.8) is 0 Å². The maximum Gasteiger partial charge on any atom is 0.271 e. The van der Waals surface area contributed by atoms with Gasteiger partial charge in [0.25, 0.3) is 5.91 Å². The molecule has 1 aromatic heterocycles. The number of nitrogens with zero attached hydrogens (tertiary/aromatic N) is 4. The van der Waals surface area contributed by atoms with Gasteiger partial charge in [0, 0.05) is 53.0 Å². The fraction of sp³-hybridized carbons (Fsp3) is 0.257. The zero-order chi connectivity index (χ0) is 30.3. The molecule has 2 aromatic carbocycles. The molecule has 0 spiro atoms. The first-order valence-corrected chi connectivity index (χ1v) is 14.8. The lowest BCUT2D eigenvalue weighted by molar-refractivity contribution is 0.0955. The van der Waals surface area contributed by atoms with Gasteiger partial charge in [-0.1, -0.05) is 24.3 Å². The number of carbonyl (C=O) groups excluding carboxylic acids is 1. The Morgan fingerprint density at radius 3 is 2.49 bits per heavy atom. The van der Waals surface area contributed by atoms with Gasteiger partial charge in [0.05, 0.1) is 30.3 Å². The van der Waals surface area contributed by atoms with Crippen molar-refractivity contribution in [1.82, 2.24) is 15.0 Å². The van der Waals surface area contributed by atoms with Gasteiger partial charge in [-0.2, -0.15) is 5.10 Å². The van der Waals surface area contributed by atoms with Crippen LogP contribution in [0.25, 0.3) is 33.4 Å². The molecule has 0 saturated carbocycles. The van der Waals surface area contributed by atoms with Gasteiger partial charge in [0.2, 0.25) is 5.36 Å². The second-order valence-corrected chi connectivity index (χ2v) is 10.1. The Morgan fingerprint density at radius 2 is 1.74 bits per heavy atom. The van der Waals surface area contributed by atoms with E-state index in [1.807, 2.05) is 18.2 Å². The number of hydrogen-bond donors (Lipinski definition) is 2. The van der Waals surface area contributed by atoms with E-state index in [9.17, 15) is 9.90 Å². The fourth-order valence-corrected chi connectivity index (χ4v) is 5.50. The van der Waals surface area contributed by atoms with Crippen LogP contribution in [-0.4, -0.2) is 48.4 Å². The summed E-state index contributed by atoms with van der Waals surface area (Å²) in [4.78, 5) is 20.1. The van der Waals surface area contributed by atoms with Gasteiger partial charge >= 0.3 is 0 Å². The second-order valence-electron chi connectivity index (χ2n) is 10.1. The number of aromatic nitrogens is 1. The largest absolute Gasteiger partial charge is 0.456 e. The van der Waals surface area contributed by atoms with Crippen LogP contribution in [0.5, 0.6) is 0 Å². The molecule has 220 valence electrons. The minimum absolute atomic E-state index is 0.167. The molecule has 2 aliphatic rings. The number of nitrogens with one attached hydrogen (secondary N) is 1. The van der Waals surface area contributed by atoms with E-state index in [2.05, 4.69) is 89.1 Å². The summed E-state index contributed by atoms with van der Waals surface area (Å²) in [6, 6.07) is 25.4. The Labute approximate surface area is 252 Å². The zero-order valence-corrected chi connectivity index (χ0v) is 25.2. The van der Waals surface area contributed by atoms with Crippen molar-refractivity contribution in [1.29, 1.82) is 0 Å². The van der Waals surface area contributed by atoms with Gasteiger partial charge in [-0.15, -0.1) is 0 Å². The minimum atomic E-state index is -0.341. The van der Waals surface area contributed by atoms with Gasteiger partial charge < -0.3 is 14.4 Å². The van der Waals surface area contributed by atoms with Crippen molar-refractivity contribution in [2.24, 2.45) is 5.10 Å². The first kappa shape index (κ1) is 29.7. The van der Waals surface area contributed by atoms with E-state index >= 15 is 0 Å². The van der Waals surface area contributed by atoms with Gasteiger partial charge in [0.1, 0.15) is 24.4 Å². The molecule has 8 heteroatoms. The summed E-state index contributed by atoms with van der Waals surface area (Å²) < 4.78 is 8.89. The molecule has 1 aliphatic carbocycles. The van der Waals surface area contributed by atoms with E-state index in [1.54, 1.807) is 24.3 Å². The minimum Gasteiger partial charge on any atom is -0.456 e. The highest BCUT2D eigenvalue weighted by Crippen LogP contribution is 2.42. The van der Waals surface area contributed by atoms with Crippen molar-refractivity contribution in [3.8, 4) is 22.5 Å². The molecule has 43 heavy (non-hydrogen) atoms. The second kappa shape index (κ2) is 13.4. The predicted molar refractivity (Wildman–Crippen MR) is 173 cm³/mol. The molecular weight excluding hydrogens is 538 g/mol. The molecule has 0 fully saturated rings. The third-order valence-electron chi connectivity index (χ3n) is 7.74. The standard InChI is InChI=1S/C35H37N5O3/c1-5-39(6-2)26-16-18-30-32(20-26)43-33-21-27(40(7-3)8-4)17-19-31(33)34(30)28-14-9-10-15-29(28)35(42)38-36-22-24-12-11-13-25(23-41)37-24/h9-22,41H,5-8,23H2,1-4H3/p+1. The zero-order valence-electron chi connectivity index (χ0n) is 25.2. The number of benzene rings is 3. The molecule has 0 bridgehead atoms. The van der Waals surface area contributed by atoms with E-state index in [-0.39, 0.29) is 12.5 Å². The van der Waals surface area contributed by atoms with E-state index in [1.165, 1.54) is 6.21 Å². The third kappa shape index (κ3) is 6.20. The van der Waals surface area contributed by atoms with E-state index < -0.39 is 0 Å². The fourth-order valence-electron chi connectivity index (χ4n) is 5.50. The smallest absolute Gasteiger partial charge is 0.271 e. The number of aliphatic hydroxyl groups is 1. The van der Waals surface area contributed by atoms with Crippen molar-refractivity contribution in [2.75, 3.05) is 31.1 Å². The molecule has 1 aliphatic heterocycles. The van der Waals surface area contributed by atoms with Crippen LogP contribution in [-0.2, 0) is 6.61 Å². The van der Waals surface area contributed by atoms with Crippen LogP contribution in [0.1, 0.15) is 49.4 Å². The number of carbonyl (C=O) groups is 1.